The lowest BCUT2D eigenvalue weighted by atomic mass is 10.1. The minimum atomic E-state index is 0.845. The van der Waals surface area contributed by atoms with Gasteiger partial charge in [0.1, 0.15) is 11.5 Å². The van der Waals surface area contributed by atoms with E-state index in [1.165, 1.54) is 11.1 Å². The molecule has 0 radical (unpaired) electrons. The number of hydrogen-bond donors (Lipinski definition) is 0. The first kappa shape index (κ1) is 23.7. The van der Waals surface area contributed by atoms with Crippen molar-refractivity contribution in [2.75, 3.05) is 14.2 Å². The lowest BCUT2D eigenvalue weighted by molar-refractivity contribution is 0.415. The van der Waals surface area contributed by atoms with Crippen LogP contribution in [0.2, 0.25) is 0 Å². The number of aromatic nitrogens is 2. The van der Waals surface area contributed by atoms with Crippen LogP contribution >= 0.6 is 0 Å². The van der Waals surface area contributed by atoms with Crippen molar-refractivity contribution in [3.8, 4) is 45.4 Å². The summed E-state index contributed by atoms with van der Waals surface area (Å²) in [7, 11) is 3.40. The second-order valence-corrected chi connectivity index (χ2v) is 9.63. The minimum Gasteiger partial charge on any atom is -0.497 e. The molecule has 4 aromatic carbocycles. The molecule has 38 heavy (non-hydrogen) atoms. The molecule has 0 aliphatic heterocycles. The molecule has 188 valence electrons. The van der Waals surface area contributed by atoms with Crippen LogP contribution in [0.25, 0.3) is 44.9 Å². The molecule has 0 spiro atoms. The molecule has 0 aliphatic rings. The molecular weight excluding hydrogens is 468 g/mol. The molecule has 0 N–H and O–H groups in total. The predicted octanol–water partition coefficient (Wildman–Crippen LogP) is 8.39. The first-order valence-corrected chi connectivity index (χ1v) is 12.8. The molecule has 4 nitrogen and oxygen atoms in total. The third-order valence-corrected chi connectivity index (χ3v) is 7.13. The van der Waals surface area contributed by atoms with Crippen LogP contribution < -0.4 is 9.47 Å². The van der Waals surface area contributed by atoms with Crippen molar-refractivity contribution >= 4 is 11.0 Å². The van der Waals surface area contributed by atoms with E-state index in [9.17, 15) is 0 Å². The Bertz CT molecular complexity index is 1570. The van der Waals surface area contributed by atoms with Gasteiger partial charge in [0.25, 0.3) is 0 Å². The van der Waals surface area contributed by atoms with Crippen molar-refractivity contribution in [2.24, 2.45) is 0 Å². The largest absolute Gasteiger partial charge is 0.497 e. The van der Waals surface area contributed by atoms with E-state index in [1.54, 1.807) is 14.2 Å². The van der Waals surface area contributed by atoms with Gasteiger partial charge in [-0.2, -0.15) is 0 Å². The monoisotopic (exact) mass is 498 g/mol. The summed E-state index contributed by atoms with van der Waals surface area (Å²) in [5.74, 6) is 1.69. The summed E-state index contributed by atoms with van der Waals surface area (Å²) in [6.45, 7) is 4.24. The first-order chi connectivity index (χ1) is 18.6. The Kier molecular flexibility index (Phi) is 6.01. The van der Waals surface area contributed by atoms with Crippen LogP contribution in [-0.4, -0.2) is 23.4 Å². The van der Waals surface area contributed by atoms with Crippen molar-refractivity contribution in [1.82, 2.24) is 9.13 Å². The quantitative estimate of drug-likeness (QED) is 0.231. The van der Waals surface area contributed by atoms with E-state index in [0.717, 1.165) is 56.4 Å². The molecule has 0 amide bonds. The number of fused-ring (bicyclic) bond motifs is 1. The van der Waals surface area contributed by atoms with Gasteiger partial charge in [-0.1, -0.05) is 35.4 Å². The van der Waals surface area contributed by atoms with E-state index in [4.69, 9.17) is 9.47 Å². The summed E-state index contributed by atoms with van der Waals surface area (Å²) in [5, 5.41) is 0. The van der Waals surface area contributed by atoms with E-state index in [-0.39, 0.29) is 0 Å². The Labute approximate surface area is 223 Å². The number of benzene rings is 4. The summed E-state index contributed by atoms with van der Waals surface area (Å²) in [5.41, 5.74) is 11.5. The molecule has 0 aliphatic carbocycles. The van der Waals surface area contributed by atoms with Gasteiger partial charge in [0.05, 0.1) is 36.6 Å². The Hall–Kier alpha value is -4.70. The van der Waals surface area contributed by atoms with Crippen LogP contribution in [0.4, 0.5) is 0 Å². The van der Waals surface area contributed by atoms with Crippen LogP contribution in [0.5, 0.6) is 11.5 Å². The summed E-state index contributed by atoms with van der Waals surface area (Å²) < 4.78 is 15.6. The van der Waals surface area contributed by atoms with E-state index >= 15 is 0 Å². The molecule has 6 aromatic rings. The van der Waals surface area contributed by atoms with Crippen LogP contribution in [0.1, 0.15) is 11.1 Å². The number of aryl methyl sites for hydroxylation is 2. The number of methoxy groups -OCH3 is 2. The molecule has 2 heterocycles. The van der Waals surface area contributed by atoms with Crippen LogP contribution in [0, 0.1) is 13.8 Å². The topological polar surface area (TPSA) is 28.3 Å². The first-order valence-electron chi connectivity index (χ1n) is 12.8. The average molecular weight is 499 g/mol. The van der Waals surface area contributed by atoms with Crippen LogP contribution in [0.3, 0.4) is 0 Å². The average Bonchev–Trinajstić information content (AvgIpc) is 3.51. The van der Waals surface area contributed by atoms with Crippen molar-refractivity contribution in [3.05, 3.63) is 120 Å². The second-order valence-electron chi connectivity index (χ2n) is 9.63. The van der Waals surface area contributed by atoms with E-state index in [2.05, 4.69) is 108 Å². The molecular formula is C34H30N2O2. The Balaban J connectivity index is 1.66. The zero-order chi connectivity index (χ0) is 26.2. The van der Waals surface area contributed by atoms with Crippen molar-refractivity contribution < 1.29 is 9.47 Å². The molecule has 6 rings (SSSR count). The van der Waals surface area contributed by atoms with Crippen LogP contribution in [0.15, 0.2) is 109 Å². The van der Waals surface area contributed by atoms with E-state index < -0.39 is 0 Å². The van der Waals surface area contributed by atoms with Gasteiger partial charge >= 0.3 is 0 Å². The highest BCUT2D eigenvalue weighted by atomic mass is 16.5. The van der Waals surface area contributed by atoms with Gasteiger partial charge in [0, 0.05) is 11.4 Å². The van der Waals surface area contributed by atoms with Gasteiger partial charge in [-0.15, -0.1) is 0 Å². The number of rotatable bonds is 6. The fraction of sp³-hybridized carbons (Fsp3) is 0.118. The maximum absolute atomic E-state index is 5.42. The Morgan fingerprint density at radius 3 is 1.11 bits per heavy atom. The lowest BCUT2D eigenvalue weighted by Crippen LogP contribution is -1.97. The van der Waals surface area contributed by atoms with Crippen molar-refractivity contribution in [3.63, 3.8) is 0 Å². The standard InChI is InChI=1S/C34H30N2O2/c1-23-5-13-27(14-6-23)35-31(25-9-17-29(37-3)18-10-25)21-34-33(35)22-32(26-11-19-30(38-4)20-12-26)36(34)28-15-7-24(2)8-16-28/h5-22H,1-4H3. The van der Waals surface area contributed by atoms with Gasteiger partial charge in [-0.05, 0) is 110 Å². The van der Waals surface area contributed by atoms with E-state index in [1.807, 2.05) is 24.3 Å². The van der Waals surface area contributed by atoms with Crippen molar-refractivity contribution in [2.45, 2.75) is 13.8 Å². The van der Waals surface area contributed by atoms with E-state index in [0.29, 0.717) is 0 Å². The SMILES string of the molecule is COc1ccc(-c2cc3c(cc(-c4ccc(OC)cc4)n3-c3ccc(C)cc3)n2-c2ccc(C)cc2)cc1. The molecule has 2 aromatic heterocycles. The highest BCUT2D eigenvalue weighted by molar-refractivity contribution is 5.93. The van der Waals surface area contributed by atoms with Crippen molar-refractivity contribution in [1.29, 1.82) is 0 Å². The Morgan fingerprint density at radius 1 is 0.447 bits per heavy atom. The molecule has 0 unspecified atom stereocenters. The third-order valence-electron chi connectivity index (χ3n) is 7.13. The van der Waals surface area contributed by atoms with Gasteiger partial charge < -0.3 is 18.6 Å². The predicted molar refractivity (Wildman–Crippen MR) is 156 cm³/mol. The molecule has 0 bridgehead atoms. The number of hydrogen-bond acceptors (Lipinski definition) is 2. The van der Waals surface area contributed by atoms with Gasteiger partial charge in [0.15, 0.2) is 0 Å². The zero-order valence-corrected chi connectivity index (χ0v) is 22.1. The third kappa shape index (κ3) is 4.14. The van der Waals surface area contributed by atoms with Gasteiger partial charge in [-0.3, -0.25) is 0 Å². The molecule has 0 atom stereocenters. The molecule has 0 saturated carbocycles. The maximum atomic E-state index is 5.42. The highest BCUT2D eigenvalue weighted by Crippen LogP contribution is 2.39. The van der Waals surface area contributed by atoms with Gasteiger partial charge in [0.2, 0.25) is 0 Å². The fourth-order valence-corrected chi connectivity index (χ4v) is 5.05. The minimum absolute atomic E-state index is 0.845. The normalized spacial score (nSPS) is 11.2. The zero-order valence-electron chi connectivity index (χ0n) is 22.1. The summed E-state index contributed by atoms with van der Waals surface area (Å²) in [6.07, 6.45) is 0. The molecule has 0 saturated heterocycles. The summed E-state index contributed by atoms with van der Waals surface area (Å²) >= 11 is 0. The number of nitrogens with zero attached hydrogens (tertiary/aromatic N) is 2. The number of ether oxygens (including phenoxy) is 2. The smallest absolute Gasteiger partial charge is 0.118 e. The summed E-state index contributed by atoms with van der Waals surface area (Å²) in [6, 6.07) is 38.6. The lowest BCUT2D eigenvalue weighted by Gasteiger charge is -2.13. The highest BCUT2D eigenvalue weighted by Gasteiger charge is 2.21. The second kappa shape index (κ2) is 9.64. The van der Waals surface area contributed by atoms with Crippen LogP contribution in [-0.2, 0) is 0 Å². The van der Waals surface area contributed by atoms with Gasteiger partial charge in [-0.25, -0.2) is 0 Å². The maximum Gasteiger partial charge on any atom is 0.118 e. The fourth-order valence-electron chi connectivity index (χ4n) is 5.05. The molecule has 0 fully saturated rings. The summed E-state index contributed by atoms with van der Waals surface area (Å²) in [4.78, 5) is 0. The Morgan fingerprint density at radius 2 is 0.789 bits per heavy atom. The molecule has 4 heteroatoms.